The smallest absolute Gasteiger partial charge is 0.259 e. The summed E-state index contributed by atoms with van der Waals surface area (Å²) in [5.41, 5.74) is 2.99. The minimum atomic E-state index is -2.18. The molecule has 312 valence electrons. The highest BCUT2D eigenvalue weighted by atomic mass is 32.2. The van der Waals surface area contributed by atoms with Crippen molar-refractivity contribution < 1.29 is 31.6 Å². The molecule has 3 aromatic carbocycles. The van der Waals surface area contributed by atoms with Crippen LogP contribution in [-0.2, 0) is 9.71 Å². The maximum atomic E-state index is 14.5. The number of carbonyl (C=O) groups is 1. The second-order valence-corrected chi connectivity index (χ2v) is 17.2. The summed E-state index contributed by atoms with van der Waals surface area (Å²) in [6.07, 6.45) is 6.86. The molecule has 60 heavy (non-hydrogen) atoms. The molecule has 2 aliphatic rings. The van der Waals surface area contributed by atoms with Crippen molar-refractivity contribution in [3.63, 3.8) is 0 Å². The lowest BCUT2D eigenvalue weighted by Crippen LogP contribution is -2.54. The first-order valence-electron chi connectivity index (χ1n) is 19.4. The monoisotopic (exact) mass is 839 g/mol. The SMILES string of the molecule is C=S(C)(=O)N1CCN(C2CCN(c3ccc(Nc4nccc(-c5c(-c6ccc(OC)c(C(=O)Nc7c(F)cccc7F)c6)nc6cc(F)ccn56)n4)c(OC)c3)CC2)CC1. The number of carbonyl (C=O) groups excluding carboxylic acids is 1. The molecule has 0 aliphatic carbocycles. The number of hydrogen-bond acceptors (Lipinski definition) is 10. The maximum Gasteiger partial charge on any atom is 0.259 e. The van der Waals surface area contributed by atoms with E-state index in [-0.39, 0.29) is 22.9 Å². The number of anilines is 4. The normalized spacial score (nSPS) is 16.4. The summed E-state index contributed by atoms with van der Waals surface area (Å²) in [7, 11) is 0.800. The largest absolute Gasteiger partial charge is 0.496 e. The highest BCUT2D eigenvalue weighted by Gasteiger charge is 2.29. The van der Waals surface area contributed by atoms with Crippen LogP contribution in [0.3, 0.4) is 0 Å². The molecule has 1 unspecified atom stereocenters. The van der Waals surface area contributed by atoms with E-state index >= 15 is 0 Å². The molecular weight excluding hydrogens is 796 g/mol. The summed E-state index contributed by atoms with van der Waals surface area (Å²) >= 11 is 0. The van der Waals surface area contributed by atoms with Crippen molar-refractivity contribution in [3.05, 3.63) is 108 Å². The molecule has 0 radical (unpaired) electrons. The molecule has 8 rings (SSSR count). The summed E-state index contributed by atoms with van der Waals surface area (Å²) in [6, 6.07) is 18.7. The van der Waals surface area contributed by atoms with Gasteiger partial charge in [0.2, 0.25) is 5.95 Å². The molecule has 5 heterocycles. The van der Waals surface area contributed by atoms with Crippen LogP contribution < -0.4 is 25.0 Å². The lowest BCUT2D eigenvalue weighted by molar-refractivity contribution is 0.102. The van der Waals surface area contributed by atoms with Gasteiger partial charge in [-0.05, 0) is 73.3 Å². The van der Waals surface area contributed by atoms with Crippen LogP contribution in [0.5, 0.6) is 11.5 Å². The summed E-state index contributed by atoms with van der Waals surface area (Å²) in [6.45, 7) is 5.10. The van der Waals surface area contributed by atoms with Crippen LogP contribution in [-0.4, -0.2) is 110 Å². The number of amides is 1. The fourth-order valence-electron chi connectivity index (χ4n) is 7.89. The van der Waals surface area contributed by atoms with E-state index in [2.05, 4.69) is 31.3 Å². The summed E-state index contributed by atoms with van der Waals surface area (Å²) < 4.78 is 70.9. The minimum Gasteiger partial charge on any atom is -0.496 e. The number of benzene rings is 3. The van der Waals surface area contributed by atoms with E-state index in [1.165, 1.54) is 37.6 Å². The van der Waals surface area contributed by atoms with Gasteiger partial charge >= 0.3 is 0 Å². The second kappa shape index (κ2) is 16.8. The summed E-state index contributed by atoms with van der Waals surface area (Å²) in [5.74, 6) is 1.65. The van der Waals surface area contributed by atoms with Crippen molar-refractivity contribution in [1.29, 1.82) is 0 Å². The van der Waals surface area contributed by atoms with Crippen LogP contribution in [0.15, 0.2) is 85.2 Å². The number of hydrogen-bond donors (Lipinski definition) is 2. The predicted octanol–water partition coefficient (Wildman–Crippen LogP) is 6.74. The van der Waals surface area contributed by atoms with Crippen molar-refractivity contribution in [2.45, 2.75) is 18.9 Å². The quantitative estimate of drug-likeness (QED) is 0.136. The Bertz CT molecular complexity index is 2660. The number of piperazine rings is 1. The van der Waals surface area contributed by atoms with E-state index in [4.69, 9.17) is 19.4 Å². The average Bonchev–Trinajstić information content (AvgIpc) is 3.63. The van der Waals surface area contributed by atoms with E-state index in [1.54, 1.807) is 42.2 Å². The Balaban J connectivity index is 1.04. The molecule has 0 spiro atoms. The van der Waals surface area contributed by atoms with Gasteiger partial charge in [0.1, 0.15) is 40.3 Å². The molecule has 1 amide bonds. The van der Waals surface area contributed by atoms with Gasteiger partial charge in [0.05, 0.1) is 42.6 Å². The molecule has 2 N–H and O–H groups in total. The van der Waals surface area contributed by atoms with Crippen molar-refractivity contribution >= 4 is 50.1 Å². The number of nitrogens with zero attached hydrogens (tertiary/aromatic N) is 7. The molecule has 1 atom stereocenters. The van der Waals surface area contributed by atoms with Crippen LogP contribution in [0.4, 0.5) is 36.2 Å². The average molecular weight is 840 g/mol. The Morgan fingerprint density at radius 2 is 1.60 bits per heavy atom. The number of ether oxygens (including phenoxy) is 2. The van der Waals surface area contributed by atoms with Gasteiger partial charge in [-0.15, -0.1) is 0 Å². The molecular formula is C43H44F3N9O4S. The number of piperidine rings is 1. The number of para-hydroxylation sites is 1. The molecule has 17 heteroatoms. The number of pyridine rings is 1. The lowest BCUT2D eigenvalue weighted by atomic mass is 10.0. The van der Waals surface area contributed by atoms with Gasteiger partial charge < -0.3 is 25.0 Å². The van der Waals surface area contributed by atoms with Gasteiger partial charge in [-0.1, -0.05) is 6.07 Å². The van der Waals surface area contributed by atoms with Gasteiger partial charge in [0, 0.05) is 97.1 Å². The van der Waals surface area contributed by atoms with Gasteiger partial charge in [0.15, 0.2) is 0 Å². The van der Waals surface area contributed by atoms with Gasteiger partial charge in [-0.3, -0.25) is 18.3 Å². The molecule has 6 aromatic rings. The van der Waals surface area contributed by atoms with Crippen LogP contribution >= 0.6 is 0 Å². The number of rotatable bonds is 11. The molecule has 13 nitrogen and oxygen atoms in total. The Morgan fingerprint density at radius 3 is 2.30 bits per heavy atom. The predicted molar refractivity (Wildman–Crippen MR) is 228 cm³/mol. The molecule has 2 fully saturated rings. The highest BCUT2D eigenvalue weighted by molar-refractivity contribution is 7.97. The minimum absolute atomic E-state index is 0.0186. The zero-order valence-electron chi connectivity index (χ0n) is 33.3. The number of methoxy groups -OCH3 is 2. The topological polar surface area (TPSA) is 129 Å². The molecule has 0 bridgehead atoms. The van der Waals surface area contributed by atoms with E-state index < -0.39 is 38.8 Å². The number of aromatic nitrogens is 4. The Labute approximate surface area is 345 Å². The summed E-state index contributed by atoms with van der Waals surface area (Å²) in [5, 5.41) is 5.60. The number of imidazole rings is 1. The van der Waals surface area contributed by atoms with Crippen LogP contribution in [0.1, 0.15) is 23.2 Å². The first-order chi connectivity index (χ1) is 28.9. The van der Waals surface area contributed by atoms with Crippen LogP contribution in [0, 0.1) is 17.5 Å². The molecule has 0 saturated carbocycles. The fourth-order valence-corrected chi connectivity index (χ4v) is 8.83. The van der Waals surface area contributed by atoms with Crippen molar-refractivity contribution in [2.24, 2.45) is 0 Å². The zero-order valence-corrected chi connectivity index (χ0v) is 34.1. The van der Waals surface area contributed by atoms with Crippen molar-refractivity contribution in [1.82, 2.24) is 28.6 Å². The van der Waals surface area contributed by atoms with Gasteiger partial charge in [-0.2, -0.15) is 0 Å². The van der Waals surface area contributed by atoms with Crippen LogP contribution in [0.2, 0.25) is 0 Å². The Morgan fingerprint density at radius 1 is 0.867 bits per heavy atom. The van der Waals surface area contributed by atoms with Crippen molar-refractivity contribution in [2.75, 3.05) is 75.3 Å². The maximum absolute atomic E-state index is 14.5. The standard InChI is InChI=1S/C43H44F3N9O4S/c1-58-36-11-8-27(24-31(36)42(56)51-40-32(45)6-5-7-33(40)46)39-41(55-19-13-28(44)25-38(55)50-39)35-12-16-47-43(49-35)48-34-10-9-30(26-37(34)59-2)52-17-14-29(15-18-52)53-20-22-54(23-21-53)60(3,4)57/h5-13,16,19,24-26,29H,3,14-15,17-18,20-23H2,1-2,4H3,(H,51,56)(H,47,48,49). The molecule has 2 saturated heterocycles. The number of nitrogens with one attached hydrogen (secondary N) is 2. The first kappa shape index (κ1) is 40.6. The van der Waals surface area contributed by atoms with Crippen LogP contribution in [0.25, 0.3) is 28.3 Å². The van der Waals surface area contributed by atoms with E-state index in [0.717, 1.165) is 69.9 Å². The van der Waals surface area contributed by atoms with E-state index in [9.17, 15) is 22.2 Å². The third kappa shape index (κ3) is 8.32. The number of halogens is 3. The second-order valence-electron chi connectivity index (χ2n) is 14.8. The Kier molecular flexibility index (Phi) is 11.4. The number of fused-ring (bicyclic) bond motifs is 1. The molecule has 3 aromatic heterocycles. The fraction of sp³-hybridized carbons (Fsp3) is 0.279. The van der Waals surface area contributed by atoms with Crippen molar-refractivity contribution in [3.8, 4) is 34.1 Å². The van der Waals surface area contributed by atoms with Gasteiger partial charge in [-0.25, -0.2) is 32.4 Å². The van der Waals surface area contributed by atoms with E-state index in [0.29, 0.717) is 40.1 Å². The first-order valence-corrected chi connectivity index (χ1v) is 21.5. The summed E-state index contributed by atoms with van der Waals surface area (Å²) in [4.78, 5) is 32.4. The Hall–Kier alpha value is -6.17. The lowest BCUT2D eigenvalue weighted by Gasteiger charge is -2.43. The zero-order chi connectivity index (χ0) is 42.1. The van der Waals surface area contributed by atoms with Gasteiger partial charge in [0.25, 0.3) is 5.91 Å². The third-order valence-electron chi connectivity index (χ3n) is 11.0. The highest BCUT2D eigenvalue weighted by Crippen LogP contribution is 2.37. The molecule has 2 aliphatic heterocycles. The van der Waals surface area contributed by atoms with E-state index in [1.807, 2.05) is 22.5 Å². The third-order valence-corrected chi connectivity index (χ3v) is 12.5.